The fourth-order valence-corrected chi connectivity index (χ4v) is 4.44. The van der Waals surface area contributed by atoms with Crippen molar-refractivity contribution in [2.45, 2.75) is 33.3 Å². The van der Waals surface area contributed by atoms with Gasteiger partial charge in [-0.3, -0.25) is 4.79 Å². The molecule has 164 valence electrons. The molecule has 0 atom stereocenters. The number of hydrogen-bond donors (Lipinski definition) is 2. The molecule has 0 saturated heterocycles. The van der Waals surface area contributed by atoms with E-state index in [9.17, 15) is 15.0 Å². The van der Waals surface area contributed by atoms with Crippen LogP contribution >= 0.6 is 22.6 Å². The lowest BCUT2D eigenvalue weighted by atomic mass is 9.97. The van der Waals surface area contributed by atoms with E-state index in [0.29, 0.717) is 55.8 Å². The molecule has 4 aromatic rings. The van der Waals surface area contributed by atoms with Crippen LogP contribution in [-0.2, 0) is 13.0 Å². The van der Waals surface area contributed by atoms with Gasteiger partial charge in [0.25, 0.3) is 0 Å². The zero-order chi connectivity index (χ0) is 22.8. The number of carbonyl (C=O) groups excluding carboxylic acids is 1. The standard InChI is InChI=1S/C26H23IO5/c1-3-7-21-24(26(30)17-10-15(2)25(29)19(27)11-17)18-12-20(28)23(13-22(18)32-21)31-14-16-8-5-4-6-9-16/h4-6,8-13,28-29H,3,7,14H2,1-2H3. The van der Waals surface area contributed by atoms with Crippen molar-refractivity contribution in [2.75, 3.05) is 0 Å². The Morgan fingerprint density at radius 3 is 2.53 bits per heavy atom. The van der Waals surface area contributed by atoms with Crippen molar-refractivity contribution in [1.29, 1.82) is 0 Å². The Morgan fingerprint density at radius 2 is 1.84 bits per heavy atom. The van der Waals surface area contributed by atoms with Crippen LogP contribution < -0.4 is 4.74 Å². The van der Waals surface area contributed by atoms with Gasteiger partial charge in [0.15, 0.2) is 17.3 Å². The molecule has 0 radical (unpaired) electrons. The van der Waals surface area contributed by atoms with Crippen molar-refractivity contribution < 1.29 is 24.2 Å². The number of ether oxygens (including phenoxy) is 1. The summed E-state index contributed by atoms with van der Waals surface area (Å²) in [6.45, 7) is 4.08. The van der Waals surface area contributed by atoms with E-state index in [2.05, 4.69) is 0 Å². The first kappa shape index (κ1) is 22.2. The number of halogens is 1. The summed E-state index contributed by atoms with van der Waals surface area (Å²) >= 11 is 2.01. The summed E-state index contributed by atoms with van der Waals surface area (Å²) in [7, 11) is 0. The minimum Gasteiger partial charge on any atom is -0.507 e. The third-order valence-corrected chi connectivity index (χ3v) is 6.12. The van der Waals surface area contributed by atoms with E-state index in [0.717, 1.165) is 12.0 Å². The summed E-state index contributed by atoms with van der Waals surface area (Å²) < 4.78 is 12.5. The predicted octanol–water partition coefficient (Wildman–Crippen LogP) is 6.52. The van der Waals surface area contributed by atoms with Crippen LogP contribution in [0.15, 0.2) is 59.0 Å². The number of ketones is 1. The number of fused-ring (bicyclic) bond motifs is 1. The summed E-state index contributed by atoms with van der Waals surface area (Å²) in [4.78, 5) is 13.5. The highest BCUT2D eigenvalue weighted by atomic mass is 127. The molecular formula is C26H23IO5. The number of rotatable bonds is 7. The maximum absolute atomic E-state index is 13.5. The first-order chi connectivity index (χ1) is 15.4. The summed E-state index contributed by atoms with van der Waals surface area (Å²) in [5, 5.41) is 21.2. The van der Waals surface area contributed by atoms with E-state index >= 15 is 0 Å². The van der Waals surface area contributed by atoms with Crippen molar-refractivity contribution in [3.05, 3.63) is 86.2 Å². The zero-order valence-electron chi connectivity index (χ0n) is 17.8. The number of furan rings is 1. The molecule has 0 aliphatic rings. The Labute approximate surface area is 199 Å². The third-order valence-electron chi connectivity index (χ3n) is 5.30. The molecule has 4 rings (SSSR count). The van der Waals surface area contributed by atoms with Crippen LogP contribution in [-0.4, -0.2) is 16.0 Å². The lowest BCUT2D eigenvalue weighted by molar-refractivity contribution is 0.103. The number of aryl methyl sites for hydroxylation is 2. The molecule has 32 heavy (non-hydrogen) atoms. The average Bonchev–Trinajstić information content (AvgIpc) is 3.12. The molecular weight excluding hydrogens is 519 g/mol. The van der Waals surface area contributed by atoms with Crippen molar-refractivity contribution in [1.82, 2.24) is 0 Å². The second-order valence-electron chi connectivity index (χ2n) is 7.69. The molecule has 0 aliphatic heterocycles. The van der Waals surface area contributed by atoms with Crippen molar-refractivity contribution in [3.63, 3.8) is 0 Å². The second kappa shape index (κ2) is 9.24. The van der Waals surface area contributed by atoms with E-state index in [4.69, 9.17) is 9.15 Å². The van der Waals surface area contributed by atoms with E-state index in [-0.39, 0.29) is 17.3 Å². The SMILES string of the molecule is CCCc1oc2cc(OCc3ccccc3)c(O)cc2c1C(=O)c1cc(C)c(O)c(I)c1. The van der Waals surface area contributed by atoms with Crippen LogP contribution in [0, 0.1) is 10.5 Å². The highest BCUT2D eigenvalue weighted by molar-refractivity contribution is 14.1. The van der Waals surface area contributed by atoms with Gasteiger partial charge in [0.05, 0.1) is 9.13 Å². The first-order valence-corrected chi connectivity index (χ1v) is 11.5. The van der Waals surface area contributed by atoms with Crippen molar-refractivity contribution in [3.8, 4) is 17.2 Å². The molecule has 1 aromatic heterocycles. The molecule has 5 nitrogen and oxygen atoms in total. The van der Waals surface area contributed by atoms with Gasteiger partial charge in [0, 0.05) is 23.4 Å². The lowest BCUT2D eigenvalue weighted by Crippen LogP contribution is -2.05. The number of phenols is 2. The number of phenolic OH excluding ortho intramolecular Hbond substituents is 2. The van der Waals surface area contributed by atoms with Crippen molar-refractivity contribution in [2.24, 2.45) is 0 Å². The molecule has 0 spiro atoms. The van der Waals surface area contributed by atoms with Gasteiger partial charge < -0.3 is 19.4 Å². The van der Waals surface area contributed by atoms with E-state index in [1.807, 2.05) is 59.8 Å². The second-order valence-corrected chi connectivity index (χ2v) is 8.86. The van der Waals surface area contributed by atoms with Gasteiger partial charge in [-0.05, 0) is 65.3 Å². The van der Waals surface area contributed by atoms with Gasteiger partial charge in [-0.25, -0.2) is 0 Å². The topological polar surface area (TPSA) is 79.9 Å². The fraction of sp³-hybridized carbons (Fsp3) is 0.192. The average molecular weight is 542 g/mol. The molecule has 0 amide bonds. The number of benzene rings is 3. The van der Waals surface area contributed by atoms with E-state index in [1.165, 1.54) is 6.07 Å². The van der Waals surface area contributed by atoms with Gasteiger partial charge in [0.1, 0.15) is 23.7 Å². The molecule has 0 aliphatic carbocycles. The quantitative estimate of drug-likeness (QED) is 0.205. The fourth-order valence-electron chi connectivity index (χ4n) is 3.68. The van der Waals surface area contributed by atoms with Crippen LogP contribution in [0.2, 0.25) is 0 Å². The molecule has 0 bridgehead atoms. The Balaban J connectivity index is 1.76. The number of hydrogen-bond acceptors (Lipinski definition) is 5. The summed E-state index contributed by atoms with van der Waals surface area (Å²) in [5.74, 6) is 0.791. The van der Waals surface area contributed by atoms with Gasteiger partial charge in [0.2, 0.25) is 0 Å². The molecule has 1 heterocycles. The minimum absolute atomic E-state index is 0.0530. The Morgan fingerprint density at radius 1 is 1.09 bits per heavy atom. The normalized spacial score (nSPS) is 11.1. The summed E-state index contributed by atoms with van der Waals surface area (Å²) in [6.07, 6.45) is 1.39. The molecule has 3 aromatic carbocycles. The minimum atomic E-state index is -0.203. The van der Waals surface area contributed by atoms with Crippen LogP contribution in [0.5, 0.6) is 17.2 Å². The monoisotopic (exact) mass is 542 g/mol. The van der Waals surface area contributed by atoms with Crippen LogP contribution in [0.3, 0.4) is 0 Å². The first-order valence-electron chi connectivity index (χ1n) is 10.4. The van der Waals surface area contributed by atoms with Gasteiger partial charge in [-0.1, -0.05) is 37.3 Å². The largest absolute Gasteiger partial charge is 0.507 e. The van der Waals surface area contributed by atoms with Crippen LogP contribution in [0.25, 0.3) is 11.0 Å². The Bertz CT molecular complexity index is 1270. The molecule has 0 unspecified atom stereocenters. The maximum atomic E-state index is 13.5. The van der Waals surface area contributed by atoms with Crippen LogP contribution in [0.4, 0.5) is 0 Å². The van der Waals surface area contributed by atoms with Crippen molar-refractivity contribution >= 4 is 39.3 Å². The molecule has 0 saturated carbocycles. The highest BCUT2D eigenvalue weighted by Crippen LogP contribution is 2.38. The van der Waals surface area contributed by atoms with E-state index < -0.39 is 0 Å². The van der Waals surface area contributed by atoms with Gasteiger partial charge >= 0.3 is 0 Å². The molecule has 0 fully saturated rings. The predicted molar refractivity (Wildman–Crippen MR) is 132 cm³/mol. The molecule has 6 heteroatoms. The molecule has 2 N–H and O–H groups in total. The third kappa shape index (κ3) is 4.32. The summed E-state index contributed by atoms with van der Waals surface area (Å²) in [5.41, 5.74) is 3.00. The number of carbonyl (C=O) groups is 1. The van der Waals surface area contributed by atoms with Crippen LogP contribution in [0.1, 0.15) is 46.2 Å². The van der Waals surface area contributed by atoms with E-state index in [1.54, 1.807) is 25.1 Å². The smallest absolute Gasteiger partial charge is 0.197 e. The number of aromatic hydroxyl groups is 2. The Hall–Kier alpha value is -3.00. The van der Waals surface area contributed by atoms with Gasteiger partial charge in [-0.2, -0.15) is 0 Å². The lowest BCUT2D eigenvalue weighted by Gasteiger charge is -2.09. The maximum Gasteiger partial charge on any atom is 0.197 e. The summed E-state index contributed by atoms with van der Waals surface area (Å²) in [6, 6.07) is 16.2. The highest BCUT2D eigenvalue weighted by Gasteiger charge is 2.24. The van der Waals surface area contributed by atoms with Gasteiger partial charge in [-0.15, -0.1) is 0 Å². The Kier molecular flexibility index (Phi) is 6.41. The zero-order valence-corrected chi connectivity index (χ0v) is 20.0.